The average molecular weight is 743 g/mol. The zero-order valence-corrected chi connectivity index (χ0v) is 30.6. The van der Waals surface area contributed by atoms with Crippen LogP contribution in [0.5, 0.6) is 11.5 Å². The maximum Gasteiger partial charge on any atom is 0.298 e. The Morgan fingerprint density at radius 2 is 1.64 bits per heavy atom. The van der Waals surface area contributed by atoms with E-state index < -0.39 is 29.7 Å². The molecule has 4 aliphatic rings. The Morgan fingerprint density at radius 1 is 0.927 bits per heavy atom. The smallest absolute Gasteiger partial charge is 0.298 e. The fraction of sp³-hybridized carbons (Fsp3) is 0.341. The Morgan fingerprint density at radius 3 is 2.33 bits per heavy atom. The van der Waals surface area contributed by atoms with Crippen LogP contribution in [0.2, 0.25) is 0 Å². The van der Waals surface area contributed by atoms with Gasteiger partial charge in [0.05, 0.1) is 36.3 Å². The number of aromatic nitrogens is 2. The number of rotatable bonds is 6. The van der Waals surface area contributed by atoms with Gasteiger partial charge in [-0.2, -0.15) is 0 Å². The molecule has 0 saturated carbocycles. The molecule has 6 heterocycles. The van der Waals surface area contributed by atoms with E-state index in [-0.39, 0.29) is 40.8 Å². The number of nitrogens with zero attached hydrogens (tertiary/aromatic N) is 5. The van der Waals surface area contributed by atoms with E-state index in [1.54, 1.807) is 49.2 Å². The van der Waals surface area contributed by atoms with E-state index in [9.17, 15) is 28.8 Å². The van der Waals surface area contributed by atoms with Gasteiger partial charge in [0, 0.05) is 74.2 Å². The van der Waals surface area contributed by atoms with Gasteiger partial charge in [0.1, 0.15) is 17.5 Å². The van der Waals surface area contributed by atoms with Crippen LogP contribution < -0.4 is 20.3 Å². The number of carbonyl (C=O) groups is 5. The third-order valence-electron chi connectivity index (χ3n) is 11.3. The second-order valence-corrected chi connectivity index (χ2v) is 14.6. The van der Waals surface area contributed by atoms with E-state index in [0.717, 1.165) is 52.9 Å². The molecule has 55 heavy (non-hydrogen) atoms. The number of benzene rings is 2. The third kappa shape index (κ3) is 6.30. The fourth-order valence-electron chi connectivity index (χ4n) is 8.22. The first-order valence-electron chi connectivity index (χ1n) is 18.1. The Balaban J connectivity index is 0.895. The Labute approximate surface area is 316 Å². The highest BCUT2D eigenvalue weighted by molar-refractivity contribution is 6.23. The van der Waals surface area contributed by atoms with Crippen LogP contribution in [0.4, 0.5) is 0 Å². The van der Waals surface area contributed by atoms with E-state index in [4.69, 9.17) is 9.47 Å². The van der Waals surface area contributed by atoms with Crippen molar-refractivity contribution in [3.8, 4) is 34.5 Å². The molecule has 8 rings (SSSR count). The molecule has 3 saturated heterocycles. The second-order valence-electron chi connectivity index (χ2n) is 14.6. The standard InChI is InChI=1S/C41H38N6O8/c1-44-20-30(26-10-13-42-19-29(26)38(44)51)25-17-33(54-2)31(34(18-25)55-3)21-45-14-11-41(12-15-45)22-46(23-41)36(49)9-5-24-4-6-27-28(16-24)40(53)47(39(27)52)32-7-8-35(48)43-37(32)50/h4,6,10,13,16-20,32H,7-8,11-12,14-15,21-23H2,1-3H3,(H,43,48,50). The number of likely N-dealkylation sites (tertiary alicyclic amines) is 2. The van der Waals surface area contributed by atoms with Crippen molar-refractivity contribution in [2.24, 2.45) is 12.5 Å². The quantitative estimate of drug-likeness (QED) is 0.230. The Hall–Kier alpha value is -6.33. The Bertz CT molecular complexity index is 2420. The summed E-state index contributed by atoms with van der Waals surface area (Å²) in [7, 11) is 5.00. The maximum absolute atomic E-state index is 13.2. The van der Waals surface area contributed by atoms with Gasteiger partial charge in [0.25, 0.3) is 23.3 Å². The number of hydrogen-bond acceptors (Lipinski definition) is 10. The number of hydrogen-bond donors (Lipinski definition) is 1. The highest BCUT2D eigenvalue weighted by Gasteiger charge is 2.47. The average Bonchev–Trinajstić information content (AvgIpc) is 3.42. The SMILES string of the molecule is COc1cc(-c2cn(C)c(=O)c3cnccc23)cc(OC)c1CN1CCC2(CC1)CN(C(=O)C#Cc1ccc3c(c1)C(=O)N(C1CCC(=O)NC1=O)C3=O)C2. The molecular weight excluding hydrogens is 704 g/mol. The maximum atomic E-state index is 13.2. The predicted octanol–water partition coefficient (Wildman–Crippen LogP) is 2.50. The summed E-state index contributed by atoms with van der Waals surface area (Å²) in [6.45, 7) is 3.50. The number of aryl methyl sites for hydroxylation is 1. The molecule has 1 N–H and O–H groups in total. The van der Waals surface area contributed by atoms with Gasteiger partial charge in [0.2, 0.25) is 11.8 Å². The van der Waals surface area contributed by atoms with Crippen molar-refractivity contribution < 1.29 is 33.4 Å². The number of nitrogens with one attached hydrogen (secondary N) is 1. The van der Waals surface area contributed by atoms with E-state index in [0.29, 0.717) is 42.1 Å². The lowest BCUT2D eigenvalue weighted by atomic mass is 9.72. The van der Waals surface area contributed by atoms with Gasteiger partial charge in [-0.15, -0.1) is 0 Å². The largest absolute Gasteiger partial charge is 0.496 e. The zero-order valence-electron chi connectivity index (χ0n) is 30.6. The summed E-state index contributed by atoms with van der Waals surface area (Å²) in [5, 5.41) is 3.52. The minimum absolute atomic E-state index is 0.0187. The molecule has 5 amide bonds. The van der Waals surface area contributed by atoms with Crippen molar-refractivity contribution in [2.75, 3.05) is 40.4 Å². The summed E-state index contributed by atoms with van der Waals surface area (Å²) in [5.74, 6) is 4.28. The first-order valence-corrected chi connectivity index (χ1v) is 18.1. The molecule has 0 radical (unpaired) electrons. The van der Waals surface area contributed by atoms with E-state index in [1.165, 1.54) is 12.1 Å². The molecule has 1 atom stereocenters. The molecule has 14 nitrogen and oxygen atoms in total. The summed E-state index contributed by atoms with van der Waals surface area (Å²) in [4.78, 5) is 85.1. The molecule has 2 aromatic carbocycles. The van der Waals surface area contributed by atoms with E-state index >= 15 is 0 Å². The van der Waals surface area contributed by atoms with Crippen LogP contribution >= 0.6 is 0 Å². The number of piperidine rings is 2. The van der Waals surface area contributed by atoms with Crippen LogP contribution in [0, 0.1) is 17.3 Å². The molecule has 0 aliphatic carbocycles. The molecule has 2 aromatic heterocycles. The first kappa shape index (κ1) is 35.7. The number of methoxy groups -OCH3 is 2. The van der Waals surface area contributed by atoms with Crippen molar-refractivity contribution in [2.45, 2.75) is 38.3 Å². The number of amides is 5. The molecule has 1 spiro atoms. The summed E-state index contributed by atoms with van der Waals surface area (Å²) in [5.41, 5.74) is 3.24. The lowest BCUT2D eigenvalue weighted by Gasteiger charge is -2.53. The number of fused-ring (bicyclic) bond motifs is 2. The van der Waals surface area contributed by atoms with Crippen molar-refractivity contribution in [1.82, 2.24) is 29.6 Å². The van der Waals surface area contributed by atoms with Gasteiger partial charge in [-0.1, -0.05) is 5.92 Å². The van der Waals surface area contributed by atoms with Gasteiger partial charge < -0.3 is 18.9 Å². The van der Waals surface area contributed by atoms with Gasteiger partial charge in [-0.25, -0.2) is 0 Å². The summed E-state index contributed by atoms with van der Waals surface area (Å²) < 4.78 is 13.3. The van der Waals surface area contributed by atoms with E-state index in [2.05, 4.69) is 27.0 Å². The van der Waals surface area contributed by atoms with Crippen LogP contribution in [0.25, 0.3) is 21.9 Å². The first-order chi connectivity index (χ1) is 26.5. The number of pyridine rings is 2. The van der Waals surface area contributed by atoms with Gasteiger partial charge >= 0.3 is 0 Å². The summed E-state index contributed by atoms with van der Waals surface area (Å²) >= 11 is 0. The monoisotopic (exact) mass is 742 g/mol. The lowest BCUT2D eigenvalue weighted by molar-refractivity contribution is -0.140. The molecule has 280 valence electrons. The molecular formula is C41H38N6O8. The van der Waals surface area contributed by atoms with Crippen molar-refractivity contribution in [3.05, 3.63) is 87.6 Å². The molecule has 0 bridgehead atoms. The number of ether oxygens (including phenoxy) is 2. The minimum atomic E-state index is -1.05. The summed E-state index contributed by atoms with van der Waals surface area (Å²) in [6, 6.07) is 9.28. The fourth-order valence-corrected chi connectivity index (χ4v) is 8.22. The van der Waals surface area contributed by atoms with Crippen LogP contribution in [0.15, 0.2) is 59.8 Å². The van der Waals surface area contributed by atoms with Gasteiger partial charge in [-0.3, -0.25) is 48.9 Å². The number of carbonyl (C=O) groups excluding carboxylic acids is 5. The van der Waals surface area contributed by atoms with Gasteiger partial charge in [0.15, 0.2) is 0 Å². The lowest BCUT2D eigenvalue weighted by Crippen LogP contribution is -2.61. The van der Waals surface area contributed by atoms with Crippen LogP contribution in [-0.2, 0) is 28.0 Å². The van der Waals surface area contributed by atoms with Crippen LogP contribution in [0.3, 0.4) is 0 Å². The molecule has 1 unspecified atom stereocenters. The van der Waals surface area contributed by atoms with Crippen LogP contribution in [-0.4, -0.2) is 100 Å². The highest BCUT2D eigenvalue weighted by Crippen LogP contribution is 2.43. The third-order valence-corrected chi connectivity index (χ3v) is 11.3. The summed E-state index contributed by atoms with van der Waals surface area (Å²) in [6.07, 6.45) is 7.01. The number of imide groups is 2. The van der Waals surface area contributed by atoms with Crippen molar-refractivity contribution >= 4 is 40.3 Å². The second kappa shape index (κ2) is 13.8. The minimum Gasteiger partial charge on any atom is -0.496 e. The topological polar surface area (TPSA) is 160 Å². The highest BCUT2D eigenvalue weighted by atomic mass is 16.5. The van der Waals surface area contributed by atoms with Crippen molar-refractivity contribution in [3.63, 3.8) is 0 Å². The van der Waals surface area contributed by atoms with Crippen molar-refractivity contribution in [1.29, 1.82) is 0 Å². The molecule has 3 fully saturated rings. The normalized spacial score (nSPS) is 19.1. The molecule has 14 heteroatoms. The van der Waals surface area contributed by atoms with Crippen LogP contribution in [0.1, 0.15) is 57.5 Å². The van der Waals surface area contributed by atoms with E-state index in [1.807, 2.05) is 24.4 Å². The van der Waals surface area contributed by atoms with Gasteiger partial charge in [-0.05, 0) is 79.7 Å². The predicted molar refractivity (Wildman–Crippen MR) is 199 cm³/mol. The zero-order chi connectivity index (χ0) is 38.6. The Kier molecular flexibility index (Phi) is 8.97. The molecule has 4 aromatic rings. The molecule has 4 aliphatic heterocycles.